The molecule has 1 aliphatic rings. The molecule has 0 radical (unpaired) electrons. The minimum Gasteiger partial charge on any atom is -0.456 e. The van der Waals surface area contributed by atoms with E-state index in [1.165, 1.54) is 11.3 Å². The van der Waals surface area contributed by atoms with Gasteiger partial charge in [0, 0.05) is 17.5 Å². The van der Waals surface area contributed by atoms with E-state index in [0.29, 0.717) is 17.0 Å². The number of imide groups is 1. The predicted molar refractivity (Wildman–Crippen MR) is 98.6 cm³/mol. The number of thiophene rings is 1. The van der Waals surface area contributed by atoms with Crippen LogP contribution in [0.5, 0.6) is 0 Å². The zero-order chi connectivity index (χ0) is 19.7. The Labute approximate surface area is 163 Å². The molecule has 3 heterocycles. The second-order valence-electron chi connectivity index (χ2n) is 6.25. The molecule has 0 atom stereocenters. The van der Waals surface area contributed by atoms with E-state index in [1.54, 1.807) is 18.2 Å². The number of ether oxygens (including phenoxy) is 1. The van der Waals surface area contributed by atoms with Gasteiger partial charge in [0.15, 0.2) is 6.61 Å². The molecule has 8 nitrogen and oxygen atoms in total. The van der Waals surface area contributed by atoms with Gasteiger partial charge in [0.2, 0.25) is 5.82 Å². The monoisotopic (exact) mass is 397 g/mol. The smallest absolute Gasteiger partial charge is 0.308 e. The number of rotatable bonds is 6. The van der Waals surface area contributed by atoms with E-state index in [1.807, 2.05) is 23.8 Å². The summed E-state index contributed by atoms with van der Waals surface area (Å²) in [7, 11) is 0. The molecular weight excluding hydrogens is 382 g/mol. The molecule has 0 bridgehead atoms. The first-order valence-corrected chi connectivity index (χ1v) is 9.45. The molecule has 3 aromatic rings. The lowest BCUT2D eigenvalue weighted by atomic mass is 10.1. The fourth-order valence-electron chi connectivity index (χ4n) is 2.85. The summed E-state index contributed by atoms with van der Waals surface area (Å²) in [5.41, 5.74) is 2.44. The summed E-state index contributed by atoms with van der Waals surface area (Å²) < 4.78 is 10.2. The number of aromatic nitrogens is 2. The van der Waals surface area contributed by atoms with Crippen molar-refractivity contribution in [2.75, 3.05) is 6.54 Å². The molecule has 142 valence electrons. The quantitative estimate of drug-likeness (QED) is 0.465. The van der Waals surface area contributed by atoms with Crippen molar-refractivity contribution in [1.29, 1.82) is 0 Å². The van der Waals surface area contributed by atoms with Crippen molar-refractivity contribution in [1.82, 2.24) is 15.0 Å². The molecule has 2 aromatic heterocycles. The molecule has 2 amide bonds. The third kappa shape index (κ3) is 3.44. The highest BCUT2D eigenvalue weighted by molar-refractivity contribution is 7.08. The molecule has 0 fully saturated rings. The van der Waals surface area contributed by atoms with E-state index in [0.717, 1.165) is 16.0 Å². The van der Waals surface area contributed by atoms with Crippen molar-refractivity contribution >= 4 is 29.1 Å². The lowest BCUT2D eigenvalue weighted by Gasteiger charge is -2.12. The summed E-state index contributed by atoms with van der Waals surface area (Å²) >= 11 is 1.51. The van der Waals surface area contributed by atoms with Crippen LogP contribution >= 0.6 is 11.3 Å². The number of hydrogen-bond donors (Lipinski definition) is 0. The fourth-order valence-corrected chi connectivity index (χ4v) is 3.48. The number of hydrogen-bond acceptors (Lipinski definition) is 8. The Morgan fingerprint density at radius 2 is 2.04 bits per heavy atom. The number of nitrogens with zero attached hydrogens (tertiary/aromatic N) is 3. The highest BCUT2D eigenvalue weighted by Gasteiger charge is 2.35. The lowest BCUT2D eigenvalue weighted by molar-refractivity contribution is -0.145. The van der Waals surface area contributed by atoms with Gasteiger partial charge in [-0.2, -0.15) is 16.3 Å². The number of amides is 2. The average Bonchev–Trinajstić information content (AvgIpc) is 3.41. The zero-order valence-corrected chi connectivity index (χ0v) is 15.7. The van der Waals surface area contributed by atoms with Crippen LogP contribution in [0.15, 0.2) is 39.5 Å². The Morgan fingerprint density at radius 3 is 2.82 bits per heavy atom. The maximum absolute atomic E-state index is 12.4. The average molecular weight is 397 g/mol. The van der Waals surface area contributed by atoms with Crippen molar-refractivity contribution < 1.29 is 23.6 Å². The van der Waals surface area contributed by atoms with E-state index in [4.69, 9.17) is 9.26 Å². The van der Waals surface area contributed by atoms with Crippen LogP contribution in [-0.4, -0.2) is 39.4 Å². The highest BCUT2D eigenvalue weighted by Crippen LogP contribution is 2.24. The Morgan fingerprint density at radius 1 is 1.21 bits per heavy atom. The third-order valence-corrected chi connectivity index (χ3v) is 4.95. The third-order valence-electron chi connectivity index (χ3n) is 4.27. The van der Waals surface area contributed by atoms with Crippen LogP contribution in [0.25, 0.3) is 11.4 Å². The molecule has 0 saturated carbocycles. The minimum absolute atomic E-state index is 0.0474. The van der Waals surface area contributed by atoms with E-state index >= 15 is 0 Å². The van der Waals surface area contributed by atoms with E-state index in [2.05, 4.69) is 10.1 Å². The van der Waals surface area contributed by atoms with Gasteiger partial charge in [-0.05, 0) is 30.5 Å². The molecular formula is C19H15N3O5S. The van der Waals surface area contributed by atoms with Crippen LogP contribution in [0.1, 0.15) is 38.6 Å². The molecule has 1 aromatic carbocycles. The number of aryl methyl sites for hydroxylation is 1. The van der Waals surface area contributed by atoms with Crippen LogP contribution in [0.4, 0.5) is 0 Å². The fraction of sp³-hybridized carbons (Fsp3) is 0.211. The number of fused-ring (bicyclic) bond motifs is 1. The standard InChI is InChI=1S/C19H15N3O5S/c1-11-2-3-13-14(8-11)19(25)22(18(13)24)6-4-16(23)26-9-15-20-17(21-27-15)12-5-7-28-10-12/h2-3,5,7-8,10H,4,6,9H2,1H3. The van der Waals surface area contributed by atoms with Gasteiger partial charge in [0.25, 0.3) is 17.7 Å². The first kappa shape index (κ1) is 18.1. The van der Waals surface area contributed by atoms with Crippen molar-refractivity contribution in [3.05, 3.63) is 57.6 Å². The molecule has 0 unspecified atom stereocenters. The van der Waals surface area contributed by atoms with Gasteiger partial charge in [-0.15, -0.1) is 0 Å². The van der Waals surface area contributed by atoms with Gasteiger partial charge in [-0.3, -0.25) is 19.3 Å². The Kier molecular flexibility index (Phi) is 4.74. The molecule has 1 aliphatic heterocycles. The van der Waals surface area contributed by atoms with Crippen molar-refractivity contribution in [2.45, 2.75) is 20.0 Å². The van der Waals surface area contributed by atoms with Crippen molar-refractivity contribution in [2.24, 2.45) is 0 Å². The zero-order valence-electron chi connectivity index (χ0n) is 14.9. The summed E-state index contributed by atoms with van der Waals surface area (Å²) in [5, 5.41) is 7.60. The summed E-state index contributed by atoms with van der Waals surface area (Å²) in [4.78, 5) is 41.9. The molecule has 9 heteroatoms. The Balaban J connectivity index is 1.31. The van der Waals surface area contributed by atoms with Gasteiger partial charge in [0.05, 0.1) is 17.5 Å². The predicted octanol–water partition coefficient (Wildman–Crippen LogP) is 2.84. The number of esters is 1. The number of carbonyl (C=O) groups excluding carboxylic acids is 3. The highest BCUT2D eigenvalue weighted by atomic mass is 32.1. The maximum Gasteiger partial charge on any atom is 0.308 e. The van der Waals surface area contributed by atoms with Crippen LogP contribution in [0, 0.1) is 6.92 Å². The second-order valence-corrected chi connectivity index (χ2v) is 7.03. The Bertz CT molecular complexity index is 1060. The van der Waals surface area contributed by atoms with Gasteiger partial charge in [0.1, 0.15) is 0 Å². The van der Waals surface area contributed by atoms with Crippen LogP contribution in [0.3, 0.4) is 0 Å². The first-order valence-electron chi connectivity index (χ1n) is 8.50. The number of carbonyl (C=O) groups is 3. The van der Waals surface area contributed by atoms with Crippen molar-refractivity contribution in [3.8, 4) is 11.4 Å². The summed E-state index contributed by atoms with van der Waals surface area (Å²) in [6, 6.07) is 6.93. The normalized spacial score (nSPS) is 13.1. The summed E-state index contributed by atoms with van der Waals surface area (Å²) in [6.45, 7) is 1.63. The van der Waals surface area contributed by atoms with Gasteiger partial charge in [-0.1, -0.05) is 16.8 Å². The van der Waals surface area contributed by atoms with Gasteiger partial charge >= 0.3 is 5.97 Å². The summed E-state index contributed by atoms with van der Waals surface area (Å²) in [6.07, 6.45) is -0.115. The topological polar surface area (TPSA) is 103 Å². The van der Waals surface area contributed by atoms with Crippen LogP contribution in [0.2, 0.25) is 0 Å². The lowest BCUT2D eigenvalue weighted by Crippen LogP contribution is -2.32. The second kappa shape index (κ2) is 7.35. The van der Waals surface area contributed by atoms with Gasteiger partial charge < -0.3 is 9.26 Å². The van der Waals surface area contributed by atoms with Crippen molar-refractivity contribution in [3.63, 3.8) is 0 Å². The Hall–Kier alpha value is -3.33. The van der Waals surface area contributed by atoms with Gasteiger partial charge in [-0.25, -0.2) is 0 Å². The van der Waals surface area contributed by atoms with E-state index < -0.39 is 17.8 Å². The van der Waals surface area contributed by atoms with Crippen LogP contribution < -0.4 is 0 Å². The van der Waals surface area contributed by atoms with E-state index in [9.17, 15) is 14.4 Å². The number of benzene rings is 1. The first-order chi connectivity index (χ1) is 13.5. The van der Waals surface area contributed by atoms with Crippen LogP contribution in [-0.2, 0) is 16.1 Å². The largest absolute Gasteiger partial charge is 0.456 e. The molecule has 0 saturated heterocycles. The minimum atomic E-state index is -0.567. The molecule has 28 heavy (non-hydrogen) atoms. The maximum atomic E-state index is 12.4. The van der Waals surface area contributed by atoms with E-state index in [-0.39, 0.29) is 25.5 Å². The SMILES string of the molecule is Cc1ccc2c(c1)C(=O)N(CCC(=O)OCc1nc(-c3ccsc3)no1)C2=O. The molecule has 0 spiro atoms. The molecule has 4 rings (SSSR count). The molecule has 0 N–H and O–H groups in total. The molecule has 0 aliphatic carbocycles. The summed E-state index contributed by atoms with van der Waals surface area (Å²) in [5.74, 6) is -0.763.